The van der Waals surface area contributed by atoms with Crippen molar-refractivity contribution in [3.8, 4) is 0 Å². The summed E-state index contributed by atoms with van der Waals surface area (Å²) in [5, 5.41) is 15.7. The van der Waals surface area contributed by atoms with Gasteiger partial charge in [0.1, 0.15) is 0 Å². The second-order valence-electron chi connectivity index (χ2n) is 3.16. The molecule has 96 valence electrons. The molecule has 0 aliphatic carbocycles. The molecular weight excluding hydrogens is 259 g/mol. The van der Waals surface area contributed by atoms with Gasteiger partial charge in [-0.15, -0.1) is 5.10 Å². The van der Waals surface area contributed by atoms with Gasteiger partial charge in [-0.25, -0.2) is 0 Å². The molecule has 0 saturated heterocycles. The lowest BCUT2D eigenvalue weighted by Gasteiger charge is -2.04. The third-order valence-corrected chi connectivity index (χ3v) is 2.48. The normalized spacial score (nSPS) is 11.7. The van der Waals surface area contributed by atoms with Crippen LogP contribution in [0.1, 0.15) is 12.1 Å². The Morgan fingerprint density at radius 3 is 2.82 bits per heavy atom. The molecule has 9 heteroatoms. The predicted octanol–water partition coefficient (Wildman–Crippen LogP) is 1.55. The first-order chi connectivity index (χ1) is 7.87. The van der Waals surface area contributed by atoms with E-state index < -0.39 is 11.5 Å². The van der Waals surface area contributed by atoms with Gasteiger partial charge in [0.25, 0.3) is 0 Å². The first kappa shape index (κ1) is 13.8. The fraction of sp³-hybridized carbons (Fsp3) is 0.625. The first-order valence-electron chi connectivity index (χ1n) is 4.68. The summed E-state index contributed by atoms with van der Waals surface area (Å²) in [4.78, 5) is 10.3. The summed E-state index contributed by atoms with van der Waals surface area (Å²) in [7, 11) is 0. The smallest absolute Gasteiger partial charge is 0.441 e. The zero-order valence-electron chi connectivity index (χ0n) is 8.65. The van der Waals surface area contributed by atoms with Gasteiger partial charge >= 0.3 is 11.5 Å². The van der Waals surface area contributed by atoms with Gasteiger partial charge in [0, 0.05) is 18.4 Å². The molecule has 1 aromatic rings. The van der Waals surface area contributed by atoms with Gasteiger partial charge < -0.3 is 5.11 Å². The highest BCUT2D eigenvalue weighted by Gasteiger charge is 2.27. The molecule has 0 bridgehead atoms. The summed E-state index contributed by atoms with van der Waals surface area (Å²) < 4.78 is 36.8. The van der Waals surface area contributed by atoms with E-state index in [1.807, 2.05) is 0 Å². The van der Waals surface area contributed by atoms with Gasteiger partial charge in [0.2, 0.25) is 0 Å². The van der Waals surface area contributed by atoms with E-state index in [2.05, 4.69) is 10.3 Å². The van der Waals surface area contributed by atoms with E-state index in [-0.39, 0.29) is 36.9 Å². The minimum Gasteiger partial charge on any atom is -0.481 e. The highest BCUT2D eigenvalue weighted by Crippen LogP contribution is 2.29. The Morgan fingerprint density at radius 1 is 1.53 bits per heavy atom. The Bertz CT molecular complexity index is 380. The van der Waals surface area contributed by atoms with Crippen LogP contribution >= 0.6 is 11.8 Å². The molecule has 1 aromatic heterocycles. The van der Waals surface area contributed by atoms with E-state index in [1.54, 1.807) is 0 Å². The third kappa shape index (κ3) is 6.15. The third-order valence-electron chi connectivity index (χ3n) is 1.77. The Morgan fingerprint density at radius 2 is 2.24 bits per heavy atom. The lowest BCUT2D eigenvalue weighted by Crippen LogP contribution is -2.07. The molecule has 0 radical (unpaired) electrons. The second-order valence-corrected chi connectivity index (χ2v) is 4.32. The molecule has 0 spiro atoms. The van der Waals surface area contributed by atoms with Crippen molar-refractivity contribution >= 4 is 17.7 Å². The largest absolute Gasteiger partial charge is 0.481 e. The Hall–Kier alpha value is -1.25. The molecule has 0 fully saturated rings. The van der Waals surface area contributed by atoms with Crippen molar-refractivity contribution < 1.29 is 23.1 Å². The van der Waals surface area contributed by atoms with Crippen LogP contribution in [0.3, 0.4) is 0 Å². The van der Waals surface area contributed by atoms with Crippen LogP contribution in [-0.2, 0) is 17.8 Å². The van der Waals surface area contributed by atoms with Crippen molar-refractivity contribution in [2.45, 2.75) is 24.9 Å². The average molecular weight is 269 g/mol. The van der Waals surface area contributed by atoms with Crippen LogP contribution in [0.15, 0.2) is 6.20 Å². The molecule has 0 amide bonds. The van der Waals surface area contributed by atoms with E-state index in [9.17, 15) is 18.0 Å². The van der Waals surface area contributed by atoms with E-state index in [1.165, 1.54) is 10.9 Å². The SMILES string of the molecule is O=C(O)CCc1cn(CCSC(F)(F)F)nn1. The molecule has 1 heterocycles. The maximum atomic E-state index is 11.8. The number of halogens is 3. The molecule has 0 aromatic carbocycles. The second kappa shape index (κ2) is 5.89. The van der Waals surface area contributed by atoms with Gasteiger partial charge in [-0.05, 0) is 11.8 Å². The van der Waals surface area contributed by atoms with E-state index >= 15 is 0 Å². The number of hydrogen-bond donors (Lipinski definition) is 1. The van der Waals surface area contributed by atoms with E-state index in [0.717, 1.165) is 0 Å². The fourth-order valence-electron chi connectivity index (χ4n) is 1.05. The standard InChI is InChI=1S/C8H10F3N3O2S/c9-8(10,11)17-4-3-14-5-6(12-13-14)1-2-7(15)16/h5H,1-4H2,(H,15,16). The maximum Gasteiger partial charge on any atom is 0.441 e. The lowest BCUT2D eigenvalue weighted by molar-refractivity contribution is -0.136. The number of aliphatic carboxylic acids is 1. The van der Waals surface area contributed by atoms with Gasteiger partial charge in [-0.1, -0.05) is 5.21 Å². The minimum absolute atomic E-state index is 0.0734. The average Bonchev–Trinajstić information content (AvgIpc) is 2.61. The molecule has 1 rings (SSSR count). The summed E-state index contributed by atoms with van der Waals surface area (Å²) >= 11 is -0.127. The number of aromatic nitrogens is 3. The van der Waals surface area contributed by atoms with Gasteiger partial charge in [0.05, 0.1) is 18.7 Å². The van der Waals surface area contributed by atoms with Crippen LogP contribution in [0.2, 0.25) is 0 Å². The molecule has 0 saturated carbocycles. The van der Waals surface area contributed by atoms with Crippen LogP contribution < -0.4 is 0 Å². The first-order valence-corrected chi connectivity index (χ1v) is 5.67. The Labute approximate surface area is 99.0 Å². The summed E-state index contributed by atoms with van der Waals surface area (Å²) in [6, 6.07) is 0. The monoisotopic (exact) mass is 269 g/mol. The molecule has 17 heavy (non-hydrogen) atoms. The van der Waals surface area contributed by atoms with Crippen LogP contribution in [0.4, 0.5) is 13.2 Å². The van der Waals surface area contributed by atoms with Crippen LogP contribution in [-0.4, -0.2) is 37.3 Å². The topological polar surface area (TPSA) is 68.0 Å². The molecule has 0 aliphatic rings. The molecule has 1 N–H and O–H groups in total. The van der Waals surface area contributed by atoms with E-state index in [0.29, 0.717) is 5.69 Å². The summed E-state index contributed by atoms with van der Waals surface area (Å²) in [5.41, 5.74) is -3.78. The van der Waals surface area contributed by atoms with Crippen LogP contribution in [0.5, 0.6) is 0 Å². The fourth-order valence-corrected chi connectivity index (χ4v) is 1.56. The molecule has 0 atom stereocenters. The number of nitrogens with zero attached hydrogens (tertiary/aromatic N) is 3. The number of rotatable bonds is 6. The van der Waals surface area contributed by atoms with Gasteiger partial charge in [0.15, 0.2) is 0 Å². The van der Waals surface area contributed by atoms with Crippen LogP contribution in [0, 0.1) is 0 Å². The van der Waals surface area contributed by atoms with Crippen molar-refractivity contribution in [1.82, 2.24) is 15.0 Å². The minimum atomic E-state index is -4.24. The summed E-state index contributed by atoms with van der Waals surface area (Å²) in [6.45, 7) is 0.0875. The van der Waals surface area contributed by atoms with Crippen LogP contribution in [0.25, 0.3) is 0 Å². The number of thioether (sulfide) groups is 1. The summed E-state index contributed by atoms with van der Waals surface area (Å²) in [5.74, 6) is -1.10. The van der Waals surface area contributed by atoms with Crippen molar-refractivity contribution in [1.29, 1.82) is 0 Å². The molecule has 0 aliphatic heterocycles. The maximum absolute atomic E-state index is 11.8. The Balaban J connectivity index is 2.33. The molecule has 0 unspecified atom stereocenters. The van der Waals surface area contributed by atoms with Gasteiger partial charge in [-0.3, -0.25) is 9.48 Å². The number of aryl methyl sites for hydroxylation is 2. The lowest BCUT2D eigenvalue weighted by atomic mass is 10.2. The quantitative estimate of drug-likeness (QED) is 0.848. The van der Waals surface area contributed by atoms with Crippen molar-refractivity contribution in [2.75, 3.05) is 5.75 Å². The highest BCUT2D eigenvalue weighted by atomic mass is 32.2. The number of hydrogen-bond acceptors (Lipinski definition) is 4. The predicted molar refractivity (Wildman–Crippen MR) is 54.5 cm³/mol. The molecular formula is C8H10F3N3O2S. The van der Waals surface area contributed by atoms with Crippen molar-refractivity contribution in [3.05, 3.63) is 11.9 Å². The highest BCUT2D eigenvalue weighted by molar-refractivity contribution is 8.00. The van der Waals surface area contributed by atoms with Crippen molar-refractivity contribution in [2.24, 2.45) is 0 Å². The number of carbonyl (C=O) groups is 1. The zero-order valence-corrected chi connectivity index (χ0v) is 9.46. The van der Waals surface area contributed by atoms with Crippen molar-refractivity contribution in [3.63, 3.8) is 0 Å². The Kier molecular flexibility index (Phi) is 4.79. The number of carboxylic acids is 1. The molecule has 5 nitrogen and oxygen atoms in total. The number of carboxylic acid groups (broad SMARTS) is 1. The summed E-state index contributed by atoms with van der Waals surface area (Å²) in [6.07, 6.45) is 1.61. The van der Waals surface area contributed by atoms with E-state index in [4.69, 9.17) is 5.11 Å². The number of alkyl halides is 3. The van der Waals surface area contributed by atoms with Gasteiger partial charge in [-0.2, -0.15) is 13.2 Å². The zero-order chi connectivity index (χ0) is 12.9.